The molecule has 1 atom stereocenters. The molecule has 0 aliphatic heterocycles. The number of unbranched alkanes of at least 4 members (excludes halogenated alkanes) is 1. The van der Waals surface area contributed by atoms with Crippen molar-refractivity contribution in [3.05, 3.63) is 0 Å². The number of hydrogen-bond donors (Lipinski definition) is 3. The van der Waals surface area contributed by atoms with E-state index in [1.165, 1.54) is 0 Å². The van der Waals surface area contributed by atoms with Gasteiger partial charge in [-0.15, -0.1) is 0 Å². The summed E-state index contributed by atoms with van der Waals surface area (Å²) in [4.78, 5) is 22.9. The number of hydrogen-bond acceptors (Lipinski definition) is 3. The highest BCUT2D eigenvalue weighted by atomic mass is 16.5. The summed E-state index contributed by atoms with van der Waals surface area (Å²) in [5.74, 6) is -0.977. The topological polar surface area (TPSA) is 87.7 Å². The number of amides is 2. The van der Waals surface area contributed by atoms with Crippen molar-refractivity contribution in [1.29, 1.82) is 0 Å². The Kier molecular flexibility index (Phi) is 8.12. The summed E-state index contributed by atoms with van der Waals surface area (Å²) in [6.45, 7) is 2.63. The number of carboxylic acid groups (broad SMARTS) is 1. The van der Waals surface area contributed by atoms with Gasteiger partial charge in [-0.2, -0.15) is 0 Å². The van der Waals surface area contributed by atoms with Crippen molar-refractivity contribution < 1.29 is 19.4 Å². The third kappa shape index (κ3) is 6.80. The highest BCUT2D eigenvalue weighted by molar-refractivity contribution is 5.74. The van der Waals surface area contributed by atoms with Crippen LogP contribution in [0.25, 0.3) is 0 Å². The smallest absolute Gasteiger partial charge is 0.315 e. The molecule has 0 aromatic carbocycles. The van der Waals surface area contributed by atoms with Gasteiger partial charge < -0.3 is 20.5 Å². The Bertz CT molecular complexity index is 328. The lowest BCUT2D eigenvalue weighted by molar-refractivity contribution is -0.142. The van der Waals surface area contributed by atoms with Crippen LogP contribution in [-0.4, -0.2) is 42.9 Å². The lowest BCUT2D eigenvalue weighted by Gasteiger charge is -2.28. The minimum Gasteiger partial charge on any atom is -0.481 e. The van der Waals surface area contributed by atoms with E-state index in [-0.39, 0.29) is 24.0 Å². The molecule has 0 aromatic rings. The predicted molar refractivity (Wildman–Crippen MR) is 80.2 cm³/mol. The van der Waals surface area contributed by atoms with E-state index in [0.717, 1.165) is 32.1 Å². The maximum absolute atomic E-state index is 12.0. The number of carboxylic acids is 1. The van der Waals surface area contributed by atoms with Gasteiger partial charge in [0.2, 0.25) is 0 Å². The number of rotatable bonds is 8. The van der Waals surface area contributed by atoms with Gasteiger partial charge in [-0.3, -0.25) is 4.79 Å². The second-order valence-corrected chi connectivity index (χ2v) is 5.80. The van der Waals surface area contributed by atoms with Crippen molar-refractivity contribution in [2.75, 3.05) is 13.7 Å². The average molecular weight is 300 g/mol. The third-order valence-corrected chi connectivity index (χ3v) is 4.02. The normalized spacial score (nSPS) is 23.3. The molecule has 122 valence electrons. The molecule has 1 aliphatic rings. The van der Waals surface area contributed by atoms with Crippen LogP contribution in [-0.2, 0) is 9.53 Å². The van der Waals surface area contributed by atoms with Crippen LogP contribution >= 0.6 is 0 Å². The number of urea groups is 1. The van der Waals surface area contributed by atoms with E-state index in [0.29, 0.717) is 19.4 Å². The summed E-state index contributed by atoms with van der Waals surface area (Å²) in [5, 5.41) is 14.8. The maximum Gasteiger partial charge on any atom is 0.315 e. The van der Waals surface area contributed by atoms with Gasteiger partial charge in [-0.1, -0.05) is 19.8 Å². The summed E-state index contributed by atoms with van der Waals surface area (Å²) in [6.07, 6.45) is 5.78. The first-order chi connectivity index (χ1) is 10.1. The van der Waals surface area contributed by atoms with Crippen LogP contribution in [0.3, 0.4) is 0 Å². The van der Waals surface area contributed by atoms with Crippen molar-refractivity contribution in [3.63, 3.8) is 0 Å². The summed E-state index contributed by atoms with van der Waals surface area (Å²) < 4.78 is 5.12. The number of carbonyl (C=O) groups excluding carboxylic acids is 1. The molecule has 3 N–H and O–H groups in total. The van der Waals surface area contributed by atoms with E-state index in [9.17, 15) is 9.59 Å². The molecule has 0 aromatic heterocycles. The van der Waals surface area contributed by atoms with Crippen LogP contribution < -0.4 is 10.6 Å². The third-order valence-electron chi connectivity index (χ3n) is 4.02. The molecule has 0 saturated heterocycles. The largest absolute Gasteiger partial charge is 0.481 e. The van der Waals surface area contributed by atoms with Gasteiger partial charge in [0.15, 0.2) is 0 Å². The molecular formula is C15H28N2O4. The lowest BCUT2D eigenvalue weighted by Crippen LogP contribution is -2.48. The Balaban J connectivity index is 2.30. The van der Waals surface area contributed by atoms with Crippen molar-refractivity contribution in [1.82, 2.24) is 10.6 Å². The molecule has 0 spiro atoms. The number of carbonyl (C=O) groups is 2. The zero-order valence-corrected chi connectivity index (χ0v) is 13.1. The van der Waals surface area contributed by atoms with Crippen LogP contribution in [0.2, 0.25) is 0 Å². The summed E-state index contributed by atoms with van der Waals surface area (Å²) in [7, 11) is 1.63. The number of ether oxygens (including phenoxy) is 1. The Hall–Kier alpha value is -1.30. The average Bonchev–Trinajstić information content (AvgIpc) is 2.45. The molecule has 0 radical (unpaired) electrons. The van der Waals surface area contributed by atoms with E-state index >= 15 is 0 Å². The standard InChI is InChI=1S/C15H28N2O4/c1-3-4-5-13(10-21-2)17-15(20)16-12-8-6-11(7-9-12)14(18)19/h11-13H,3-10H2,1-2H3,(H,18,19)(H2,16,17,20). The van der Waals surface area contributed by atoms with Crippen LogP contribution in [0.1, 0.15) is 51.9 Å². The predicted octanol–water partition coefficient (Wildman–Crippen LogP) is 2.13. The molecule has 1 unspecified atom stereocenters. The lowest BCUT2D eigenvalue weighted by atomic mass is 9.86. The summed E-state index contributed by atoms with van der Waals surface area (Å²) >= 11 is 0. The second-order valence-electron chi connectivity index (χ2n) is 5.80. The van der Waals surface area contributed by atoms with Crippen molar-refractivity contribution >= 4 is 12.0 Å². The van der Waals surface area contributed by atoms with Gasteiger partial charge in [0.05, 0.1) is 18.6 Å². The van der Waals surface area contributed by atoms with Crippen molar-refractivity contribution in [2.24, 2.45) is 5.92 Å². The fourth-order valence-electron chi connectivity index (χ4n) is 2.75. The Labute approximate surface area is 126 Å². The Morgan fingerprint density at radius 1 is 1.29 bits per heavy atom. The molecule has 6 nitrogen and oxygen atoms in total. The first kappa shape index (κ1) is 17.8. The fourth-order valence-corrected chi connectivity index (χ4v) is 2.75. The van der Waals surface area contributed by atoms with Gasteiger partial charge in [0, 0.05) is 13.2 Å². The Morgan fingerprint density at radius 2 is 1.95 bits per heavy atom. The molecule has 6 heteroatoms. The number of nitrogens with one attached hydrogen (secondary N) is 2. The molecular weight excluding hydrogens is 272 g/mol. The van der Waals surface area contributed by atoms with E-state index in [4.69, 9.17) is 9.84 Å². The second kappa shape index (κ2) is 9.60. The Morgan fingerprint density at radius 3 is 2.48 bits per heavy atom. The quantitative estimate of drug-likeness (QED) is 0.641. The highest BCUT2D eigenvalue weighted by Gasteiger charge is 2.27. The fraction of sp³-hybridized carbons (Fsp3) is 0.867. The van der Waals surface area contributed by atoms with Gasteiger partial charge in [0.1, 0.15) is 0 Å². The van der Waals surface area contributed by atoms with Gasteiger partial charge >= 0.3 is 12.0 Å². The van der Waals surface area contributed by atoms with Gasteiger partial charge in [-0.25, -0.2) is 4.79 Å². The first-order valence-electron chi connectivity index (χ1n) is 7.85. The number of methoxy groups -OCH3 is 1. The molecule has 1 aliphatic carbocycles. The van der Waals surface area contributed by atoms with Crippen molar-refractivity contribution in [3.8, 4) is 0 Å². The molecule has 2 amide bonds. The summed E-state index contributed by atoms with van der Waals surface area (Å²) in [5.41, 5.74) is 0. The maximum atomic E-state index is 12.0. The summed E-state index contributed by atoms with van der Waals surface area (Å²) in [6, 6.07) is -0.0628. The minimum absolute atomic E-state index is 0.0327. The zero-order chi connectivity index (χ0) is 15.7. The van der Waals surface area contributed by atoms with Crippen LogP contribution in [0.15, 0.2) is 0 Å². The number of aliphatic carboxylic acids is 1. The van der Waals surface area contributed by atoms with Crippen LogP contribution in [0.5, 0.6) is 0 Å². The molecule has 1 saturated carbocycles. The van der Waals surface area contributed by atoms with E-state index in [1.54, 1.807) is 7.11 Å². The molecule has 1 rings (SSSR count). The first-order valence-corrected chi connectivity index (χ1v) is 7.85. The van der Waals surface area contributed by atoms with E-state index in [1.807, 2.05) is 0 Å². The molecule has 21 heavy (non-hydrogen) atoms. The van der Waals surface area contributed by atoms with Gasteiger partial charge in [-0.05, 0) is 32.1 Å². The highest BCUT2D eigenvalue weighted by Crippen LogP contribution is 2.24. The molecule has 1 fully saturated rings. The zero-order valence-electron chi connectivity index (χ0n) is 13.1. The van der Waals surface area contributed by atoms with Crippen LogP contribution in [0.4, 0.5) is 4.79 Å². The molecule has 0 bridgehead atoms. The SMILES string of the molecule is CCCCC(COC)NC(=O)NC1CCC(C(=O)O)CC1. The molecule has 0 heterocycles. The van der Waals surface area contributed by atoms with E-state index in [2.05, 4.69) is 17.6 Å². The van der Waals surface area contributed by atoms with Crippen molar-refractivity contribution in [2.45, 2.75) is 64.0 Å². The van der Waals surface area contributed by atoms with Crippen LogP contribution in [0, 0.1) is 5.92 Å². The monoisotopic (exact) mass is 300 g/mol. The minimum atomic E-state index is -0.724. The van der Waals surface area contributed by atoms with E-state index < -0.39 is 5.97 Å². The van der Waals surface area contributed by atoms with Gasteiger partial charge in [0.25, 0.3) is 0 Å².